The number of aromatic nitrogens is 1. The van der Waals surface area contributed by atoms with Crippen LogP contribution in [0.1, 0.15) is 61.5 Å². The summed E-state index contributed by atoms with van der Waals surface area (Å²) in [5, 5.41) is 19.2. The SMILES string of the molecule is CCCCCCCc1c(C)n(O)c(C)c(CO)c1=O. The van der Waals surface area contributed by atoms with Gasteiger partial charge in [-0.05, 0) is 26.7 Å². The first-order chi connectivity index (χ1) is 9.04. The topological polar surface area (TPSA) is 62.5 Å². The van der Waals surface area contributed by atoms with E-state index in [-0.39, 0.29) is 12.0 Å². The van der Waals surface area contributed by atoms with E-state index in [9.17, 15) is 15.1 Å². The molecule has 0 aliphatic carbocycles. The van der Waals surface area contributed by atoms with Crippen LogP contribution in [0.25, 0.3) is 0 Å². The fourth-order valence-corrected chi connectivity index (χ4v) is 2.40. The zero-order chi connectivity index (χ0) is 14.4. The molecule has 0 bridgehead atoms. The molecule has 19 heavy (non-hydrogen) atoms. The van der Waals surface area contributed by atoms with Crippen molar-refractivity contribution in [2.24, 2.45) is 0 Å². The lowest BCUT2D eigenvalue weighted by atomic mass is 10.0. The minimum atomic E-state index is -0.325. The third kappa shape index (κ3) is 3.60. The third-order valence-corrected chi connectivity index (χ3v) is 3.75. The highest BCUT2D eigenvalue weighted by Crippen LogP contribution is 2.13. The average Bonchev–Trinajstić information content (AvgIpc) is 2.40. The van der Waals surface area contributed by atoms with E-state index >= 15 is 0 Å². The predicted molar refractivity (Wildman–Crippen MR) is 75.7 cm³/mol. The number of rotatable bonds is 7. The van der Waals surface area contributed by atoms with Gasteiger partial charge >= 0.3 is 0 Å². The fraction of sp³-hybridized carbons (Fsp3) is 0.667. The minimum Gasteiger partial charge on any atom is -0.428 e. The van der Waals surface area contributed by atoms with Crippen molar-refractivity contribution < 1.29 is 10.3 Å². The quantitative estimate of drug-likeness (QED) is 0.590. The predicted octanol–water partition coefficient (Wildman–Crippen LogP) is 2.71. The van der Waals surface area contributed by atoms with Crippen LogP contribution < -0.4 is 5.43 Å². The number of nitrogens with zero attached hydrogens (tertiary/aromatic N) is 1. The second-order valence-electron chi connectivity index (χ2n) is 5.09. The lowest BCUT2D eigenvalue weighted by molar-refractivity contribution is 0.165. The first kappa shape index (κ1) is 15.8. The Morgan fingerprint density at radius 1 is 1.00 bits per heavy atom. The van der Waals surface area contributed by atoms with Crippen LogP contribution in [0, 0.1) is 13.8 Å². The van der Waals surface area contributed by atoms with Crippen molar-refractivity contribution in [3.63, 3.8) is 0 Å². The molecule has 1 heterocycles. The Hall–Kier alpha value is -1.29. The molecule has 4 nitrogen and oxygen atoms in total. The summed E-state index contributed by atoms with van der Waals surface area (Å²) in [4.78, 5) is 12.2. The van der Waals surface area contributed by atoms with E-state index in [0.717, 1.165) is 17.6 Å². The molecule has 1 aromatic rings. The van der Waals surface area contributed by atoms with Crippen molar-refractivity contribution in [2.45, 2.75) is 65.9 Å². The maximum Gasteiger partial charge on any atom is 0.191 e. The van der Waals surface area contributed by atoms with E-state index in [4.69, 9.17) is 0 Å². The standard InChI is InChI=1S/C15H25NO3/c1-4-5-6-7-8-9-13-11(2)16(19)12(3)14(10-17)15(13)18/h17,19H,4-10H2,1-3H3. The Kier molecular flexibility index (Phi) is 6.09. The zero-order valence-corrected chi connectivity index (χ0v) is 12.2. The highest BCUT2D eigenvalue weighted by molar-refractivity contribution is 5.30. The van der Waals surface area contributed by atoms with Gasteiger partial charge in [0.1, 0.15) is 0 Å². The van der Waals surface area contributed by atoms with Crippen molar-refractivity contribution in [2.75, 3.05) is 0 Å². The van der Waals surface area contributed by atoms with Gasteiger partial charge in [0.2, 0.25) is 0 Å². The number of hydrogen-bond acceptors (Lipinski definition) is 3. The molecule has 0 aromatic carbocycles. The van der Waals surface area contributed by atoms with Crippen LogP contribution in [-0.2, 0) is 13.0 Å². The molecule has 1 rings (SSSR count). The van der Waals surface area contributed by atoms with Crippen LogP contribution in [-0.4, -0.2) is 15.0 Å². The van der Waals surface area contributed by atoms with E-state index in [1.807, 2.05) is 0 Å². The summed E-state index contributed by atoms with van der Waals surface area (Å²) in [5.41, 5.74) is 1.85. The fourth-order valence-electron chi connectivity index (χ4n) is 2.40. The van der Waals surface area contributed by atoms with Gasteiger partial charge in [-0.2, -0.15) is 4.73 Å². The van der Waals surface area contributed by atoms with Crippen LogP contribution in [0.2, 0.25) is 0 Å². The zero-order valence-electron chi connectivity index (χ0n) is 12.2. The van der Waals surface area contributed by atoms with Crippen LogP contribution in [0.5, 0.6) is 0 Å². The summed E-state index contributed by atoms with van der Waals surface area (Å²) in [7, 11) is 0. The molecule has 4 heteroatoms. The number of unbranched alkanes of at least 4 members (excludes halogenated alkanes) is 4. The van der Waals surface area contributed by atoms with Crippen molar-refractivity contribution in [3.8, 4) is 0 Å². The lowest BCUT2D eigenvalue weighted by Crippen LogP contribution is -2.24. The van der Waals surface area contributed by atoms with E-state index in [1.165, 1.54) is 19.3 Å². The molecule has 0 fully saturated rings. The summed E-state index contributed by atoms with van der Waals surface area (Å²) in [6, 6.07) is 0. The molecule has 0 unspecified atom stereocenters. The maximum absolute atomic E-state index is 12.2. The van der Waals surface area contributed by atoms with E-state index < -0.39 is 0 Å². The monoisotopic (exact) mass is 267 g/mol. The normalized spacial score (nSPS) is 10.9. The van der Waals surface area contributed by atoms with Crippen molar-refractivity contribution in [1.29, 1.82) is 0 Å². The minimum absolute atomic E-state index is 0.113. The Bertz CT molecular complexity index is 477. The Labute approximate surface area is 114 Å². The van der Waals surface area contributed by atoms with Gasteiger partial charge < -0.3 is 10.3 Å². The molecular formula is C15H25NO3. The molecule has 2 N–H and O–H groups in total. The van der Waals surface area contributed by atoms with Gasteiger partial charge in [0.15, 0.2) is 5.43 Å². The smallest absolute Gasteiger partial charge is 0.191 e. The second-order valence-corrected chi connectivity index (χ2v) is 5.09. The average molecular weight is 267 g/mol. The molecule has 0 aliphatic rings. The van der Waals surface area contributed by atoms with Gasteiger partial charge in [0, 0.05) is 11.1 Å². The molecule has 0 saturated heterocycles. The van der Waals surface area contributed by atoms with Crippen LogP contribution in [0.4, 0.5) is 0 Å². The Morgan fingerprint density at radius 3 is 2.16 bits per heavy atom. The molecule has 0 radical (unpaired) electrons. The van der Waals surface area contributed by atoms with E-state index in [0.29, 0.717) is 28.9 Å². The first-order valence-corrected chi connectivity index (χ1v) is 7.08. The highest BCUT2D eigenvalue weighted by atomic mass is 16.5. The van der Waals surface area contributed by atoms with E-state index in [1.54, 1.807) is 13.8 Å². The third-order valence-electron chi connectivity index (χ3n) is 3.75. The Morgan fingerprint density at radius 2 is 1.58 bits per heavy atom. The van der Waals surface area contributed by atoms with Gasteiger partial charge in [-0.25, -0.2) is 0 Å². The second kappa shape index (κ2) is 7.34. The summed E-state index contributed by atoms with van der Waals surface area (Å²) in [6.45, 7) is 5.23. The molecule has 0 saturated carbocycles. The first-order valence-electron chi connectivity index (χ1n) is 7.08. The lowest BCUT2D eigenvalue weighted by Gasteiger charge is -2.15. The van der Waals surface area contributed by atoms with Crippen LogP contribution in [0.15, 0.2) is 4.79 Å². The largest absolute Gasteiger partial charge is 0.428 e. The number of hydrogen-bond donors (Lipinski definition) is 2. The molecule has 1 aromatic heterocycles. The molecule has 108 valence electrons. The summed E-state index contributed by atoms with van der Waals surface area (Å²) < 4.78 is 1.02. The molecule has 0 aliphatic heterocycles. The number of pyridine rings is 1. The van der Waals surface area contributed by atoms with Crippen molar-refractivity contribution >= 4 is 0 Å². The summed E-state index contributed by atoms with van der Waals surface area (Å²) in [5.74, 6) is 0. The van der Waals surface area contributed by atoms with E-state index in [2.05, 4.69) is 6.92 Å². The van der Waals surface area contributed by atoms with Gasteiger partial charge in [-0.3, -0.25) is 4.79 Å². The van der Waals surface area contributed by atoms with Crippen LogP contribution in [0.3, 0.4) is 0 Å². The van der Waals surface area contributed by atoms with Crippen molar-refractivity contribution in [3.05, 3.63) is 32.7 Å². The summed E-state index contributed by atoms with van der Waals surface area (Å²) in [6.07, 6.45) is 6.31. The van der Waals surface area contributed by atoms with Gasteiger partial charge in [-0.1, -0.05) is 32.6 Å². The van der Waals surface area contributed by atoms with Crippen molar-refractivity contribution in [1.82, 2.24) is 4.73 Å². The molecule has 0 atom stereocenters. The summed E-state index contributed by atoms with van der Waals surface area (Å²) >= 11 is 0. The van der Waals surface area contributed by atoms with Gasteiger partial charge in [0.05, 0.1) is 18.0 Å². The van der Waals surface area contributed by atoms with Gasteiger partial charge in [0.25, 0.3) is 0 Å². The molecule has 0 amide bonds. The van der Waals surface area contributed by atoms with Crippen LogP contribution >= 0.6 is 0 Å². The van der Waals surface area contributed by atoms with Gasteiger partial charge in [-0.15, -0.1) is 0 Å². The number of aliphatic hydroxyl groups is 1. The Balaban J connectivity index is 2.89. The molecule has 0 spiro atoms. The highest BCUT2D eigenvalue weighted by Gasteiger charge is 2.15. The molecular weight excluding hydrogens is 242 g/mol. The maximum atomic E-state index is 12.2. The number of aliphatic hydroxyl groups excluding tert-OH is 1.